The molecule has 3 N–H and O–H groups in total. The van der Waals surface area contributed by atoms with Gasteiger partial charge in [-0.05, 0) is 48.9 Å². The Bertz CT molecular complexity index is 415. The minimum Gasteiger partial charge on any atom is -0.325 e. The van der Waals surface area contributed by atoms with Gasteiger partial charge in [-0.1, -0.05) is 19.4 Å². The van der Waals surface area contributed by atoms with E-state index in [1.165, 1.54) is 24.0 Å². The van der Waals surface area contributed by atoms with Gasteiger partial charge in [0.2, 0.25) is 5.91 Å². The van der Waals surface area contributed by atoms with E-state index >= 15 is 0 Å². The molecule has 0 aromatic heterocycles. The van der Waals surface area contributed by atoms with Crippen LogP contribution in [-0.2, 0) is 17.6 Å². The first kappa shape index (κ1) is 12.1. The zero-order valence-electron chi connectivity index (χ0n) is 10.3. The summed E-state index contributed by atoms with van der Waals surface area (Å²) in [6.45, 7) is 2.03. The Morgan fingerprint density at radius 3 is 2.94 bits per heavy atom. The molecule has 1 atom stereocenters. The van der Waals surface area contributed by atoms with Crippen LogP contribution < -0.4 is 11.1 Å². The summed E-state index contributed by atoms with van der Waals surface area (Å²) in [6, 6.07) is 5.77. The SMILES string of the molecule is CCC[C@H](N)C(=O)Nc1ccc2c(c1)CCC2. The van der Waals surface area contributed by atoms with Crippen LogP contribution >= 0.6 is 0 Å². The van der Waals surface area contributed by atoms with Crippen molar-refractivity contribution in [2.45, 2.75) is 45.1 Å². The average molecular weight is 232 g/mol. The maximum absolute atomic E-state index is 11.8. The standard InChI is InChI=1S/C14H20N2O/c1-2-4-13(15)14(17)16-12-8-7-10-5-3-6-11(10)9-12/h7-9,13H,2-6,15H2,1H3,(H,16,17)/t13-/m0/s1. The van der Waals surface area contributed by atoms with Crippen LogP contribution in [0.4, 0.5) is 5.69 Å². The number of carbonyl (C=O) groups is 1. The minimum absolute atomic E-state index is 0.0789. The summed E-state index contributed by atoms with van der Waals surface area (Å²) in [6.07, 6.45) is 5.18. The van der Waals surface area contributed by atoms with Gasteiger partial charge in [-0.2, -0.15) is 0 Å². The minimum atomic E-state index is -0.395. The van der Waals surface area contributed by atoms with E-state index in [-0.39, 0.29) is 5.91 Å². The highest BCUT2D eigenvalue weighted by Crippen LogP contribution is 2.24. The van der Waals surface area contributed by atoms with Crippen LogP contribution in [0.2, 0.25) is 0 Å². The lowest BCUT2D eigenvalue weighted by Gasteiger charge is -2.12. The van der Waals surface area contributed by atoms with Crippen molar-refractivity contribution >= 4 is 11.6 Å². The Balaban J connectivity index is 2.01. The Morgan fingerprint density at radius 2 is 2.18 bits per heavy atom. The number of rotatable bonds is 4. The number of carbonyl (C=O) groups excluding carboxylic acids is 1. The van der Waals surface area contributed by atoms with Crippen LogP contribution in [0.15, 0.2) is 18.2 Å². The van der Waals surface area contributed by atoms with Gasteiger partial charge < -0.3 is 11.1 Å². The topological polar surface area (TPSA) is 55.1 Å². The molecule has 1 aliphatic rings. The summed E-state index contributed by atoms with van der Waals surface area (Å²) >= 11 is 0. The zero-order valence-corrected chi connectivity index (χ0v) is 10.3. The quantitative estimate of drug-likeness (QED) is 0.836. The fraction of sp³-hybridized carbons (Fsp3) is 0.500. The molecule has 3 heteroatoms. The van der Waals surface area contributed by atoms with Crippen molar-refractivity contribution in [1.29, 1.82) is 0 Å². The molecule has 17 heavy (non-hydrogen) atoms. The number of fused-ring (bicyclic) bond motifs is 1. The lowest BCUT2D eigenvalue weighted by atomic mass is 10.1. The predicted octanol–water partition coefficient (Wildman–Crippen LogP) is 2.24. The maximum Gasteiger partial charge on any atom is 0.241 e. The molecule has 0 radical (unpaired) electrons. The van der Waals surface area contributed by atoms with Crippen molar-refractivity contribution in [2.24, 2.45) is 5.73 Å². The van der Waals surface area contributed by atoms with Crippen LogP contribution in [0.25, 0.3) is 0 Å². The molecule has 0 heterocycles. The van der Waals surface area contributed by atoms with E-state index in [0.717, 1.165) is 24.9 Å². The summed E-state index contributed by atoms with van der Waals surface area (Å²) in [5.74, 6) is -0.0789. The Morgan fingerprint density at radius 1 is 1.41 bits per heavy atom. The fourth-order valence-electron chi connectivity index (χ4n) is 2.33. The lowest BCUT2D eigenvalue weighted by Crippen LogP contribution is -2.35. The van der Waals surface area contributed by atoms with Gasteiger partial charge in [-0.15, -0.1) is 0 Å². The molecule has 1 aromatic carbocycles. The van der Waals surface area contributed by atoms with Crippen LogP contribution in [0.1, 0.15) is 37.3 Å². The summed E-state index contributed by atoms with van der Waals surface area (Å²) in [5.41, 5.74) is 9.44. The van der Waals surface area contributed by atoms with Crippen LogP contribution in [-0.4, -0.2) is 11.9 Å². The normalized spacial score (nSPS) is 15.4. The first-order chi connectivity index (χ1) is 8.20. The molecule has 3 nitrogen and oxygen atoms in total. The fourth-order valence-corrected chi connectivity index (χ4v) is 2.33. The molecule has 0 spiro atoms. The van der Waals surface area contributed by atoms with Crippen molar-refractivity contribution in [3.8, 4) is 0 Å². The molecule has 0 saturated heterocycles. The Labute approximate surface area is 102 Å². The monoisotopic (exact) mass is 232 g/mol. The van der Waals surface area contributed by atoms with E-state index in [0.29, 0.717) is 0 Å². The van der Waals surface area contributed by atoms with E-state index in [1.54, 1.807) is 0 Å². The Kier molecular flexibility index (Phi) is 3.79. The second-order valence-corrected chi connectivity index (χ2v) is 4.72. The summed E-state index contributed by atoms with van der Waals surface area (Å²) < 4.78 is 0. The number of anilines is 1. The molecule has 1 amide bonds. The predicted molar refractivity (Wildman–Crippen MR) is 70.0 cm³/mol. The van der Waals surface area contributed by atoms with Gasteiger partial charge in [0.1, 0.15) is 0 Å². The number of nitrogens with one attached hydrogen (secondary N) is 1. The van der Waals surface area contributed by atoms with Gasteiger partial charge in [-0.25, -0.2) is 0 Å². The van der Waals surface area contributed by atoms with Gasteiger partial charge in [0.25, 0.3) is 0 Å². The van der Waals surface area contributed by atoms with E-state index in [4.69, 9.17) is 5.73 Å². The van der Waals surface area contributed by atoms with Crippen molar-refractivity contribution < 1.29 is 4.79 Å². The average Bonchev–Trinajstić information content (AvgIpc) is 2.76. The molecular formula is C14H20N2O. The first-order valence-electron chi connectivity index (χ1n) is 6.39. The van der Waals surface area contributed by atoms with E-state index < -0.39 is 6.04 Å². The highest BCUT2D eigenvalue weighted by molar-refractivity contribution is 5.94. The number of aryl methyl sites for hydroxylation is 2. The van der Waals surface area contributed by atoms with E-state index in [1.807, 2.05) is 13.0 Å². The highest BCUT2D eigenvalue weighted by atomic mass is 16.2. The smallest absolute Gasteiger partial charge is 0.241 e. The number of hydrogen-bond donors (Lipinski definition) is 2. The molecule has 0 bridgehead atoms. The van der Waals surface area contributed by atoms with Gasteiger partial charge in [-0.3, -0.25) is 4.79 Å². The lowest BCUT2D eigenvalue weighted by molar-refractivity contribution is -0.117. The summed E-state index contributed by atoms with van der Waals surface area (Å²) in [4.78, 5) is 11.8. The molecule has 1 aliphatic carbocycles. The molecule has 0 saturated carbocycles. The van der Waals surface area contributed by atoms with Gasteiger partial charge in [0.05, 0.1) is 6.04 Å². The van der Waals surface area contributed by atoms with Crippen molar-refractivity contribution in [3.63, 3.8) is 0 Å². The molecule has 2 rings (SSSR count). The number of hydrogen-bond acceptors (Lipinski definition) is 2. The largest absolute Gasteiger partial charge is 0.325 e. The zero-order chi connectivity index (χ0) is 12.3. The first-order valence-corrected chi connectivity index (χ1v) is 6.39. The Hall–Kier alpha value is -1.35. The van der Waals surface area contributed by atoms with Gasteiger partial charge in [0, 0.05) is 5.69 Å². The second kappa shape index (κ2) is 5.32. The third kappa shape index (κ3) is 2.86. The molecule has 92 valence electrons. The van der Waals surface area contributed by atoms with Crippen LogP contribution in [0, 0.1) is 0 Å². The van der Waals surface area contributed by atoms with E-state index in [2.05, 4.69) is 17.4 Å². The van der Waals surface area contributed by atoms with Crippen molar-refractivity contribution in [3.05, 3.63) is 29.3 Å². The highest BCUT2D eigenvalue weighted by Gasteiger charge is 2.14. The number of benzene rings is 1. The third-order valence-corrected chi connectivity index (χ3v) is 3.30. The van der Waals surface area contributed by atoms with Crippen LogP contribution in [0.5, 0.6) is 0 Å². The molecular weight excluding hydrogens is 212 g/mol. The number of nitrogens with two attached hydrogens (primary N) is 1. The molecule has 0 unspecified atom stereocenters. The van der Waals surface area contributed by atoms with Crippen LogP contribution in [0.3, 0.4) is 0 Å². The van der Waals surface area contributed by atoms with Gasteiger partial charge >= 0.3 is 0 Å². The van der Waals surface area contributed by atoms with Crippen molar-refractivity contribution in [2.75, 3.05) is 5.32 Å². The second-order valence-electron chi connectivity index (χ2n) is 4.72. The molecule has 0 aliphatic heterocycles. The maximum atomic E-state index is 11.8. The summed E-state index contributed by atoms with van der Waals surface area (Å²) in [7, 11) is 0. The summed E-state index contributed by atoms with van der Waals surface area (Å²) in [5, 5.41) is 2.89. The van der Waals surface area contributed by atoms with E-state index in [9.17, 15) is 4.79 Å². The van der Waals surface area contributed by atoms with Gasteiger partial charge in [0.15, 0.2) is 0 Å². The number of amides is 1. The molecule has 0 fully saturated rings. The third-order valence-electron chi connectivity index (χ3n) is 3.30. The van der Waals surface area contributed by atoms with Crippen molar-refractivity contribution in [1.82, 2.24) is 0 Å². The molecule has 1 aromatic rings.